The molecule has 0 saturated carbocycles. The van der Waals surface area contributed by atoms with Crippen molar-refractivity contribution < 1.29 is 4.79 Å². The van der Waals surface area contributed by atoms with Gasteiger partial charge in [-0.05, 0) is 19.1 Å². The smallest absolute Gasteiger partial charge is 0.236 e. The van der Waals surface area contributed by atoms with Gasteiger partial charge in [-0.2, -0.15) is 0 Å². The van der Waals surface area contributed by atoms with Crippen molar-refractivity contribution in [1.29, 1.82) is 0 Å². The summed E-state index contributed by atoms with van der Waals surface area (Å²) in [6, 6.07) is 5.63. The van der Waals surface area contributed by atoms with Crippen LogP contribution in [0.2, 0.25) is 0 Å². The highest BCUT2D eigenvalue weighted by Crippen LogP contribution is 2.17. The lowest BCUT2D eigenvalue weighted by atomic mass is 10.5. The third-order valence-corrected chi connectivity index (χ3v) is 3.67. The van der Waals surface area contributed by atoms with E-state index < -0.39 is 0 Å². The molecular formula is C11H11N3OS2. The number of nitrogens with zero attached hydrogens (tertiary/aromatic N) is 2. The Kier molecular flexibility index (Phi) is 4.11. The molecule has 0 aliphatic carbocycles. The molecule has 0 atom stereocenters. The van der Waals surface area contributed by atoms with Crippen LogP contribution in [0, 0.1) is 6.92 Å². The zero-order valence-corrected chi connectivity index (χ0v) is 10.8. The van der Waals surface area contributed by atoms with Crippen LogP contribution in [0.25, 0.3) is 0 Å². The van der Waals surface area contributed by atoms with Gasteiger partial charge in [-0.1, -0.05) is 17.8 Å². The summed E-state index contributed by atoms with van der Waals surface area (Å²) in [5, 5.41) is 6.15. The number of pyridine rings is 1. The first kappa shape index (κ1) is 12.1. The molecular weight excluding hydrogens is 254 g/mol. The van der Waals surface area contributed by atoms with E-state index in [1.54, 1.807) is 6.20 Å². The highest BCUT2D eigenvalue weighted by Gasteiger charge is 2.06. The van der Waals surface area contributed by atoms with Gasteiger partial charge in [0.05, 0.1) is 16.5 Å². The van der Waals surface area contributed by atoms with Crippen molar-refractivity contribution in [2.75, 3.05) is 11.1 Å². The second-order valence-corrected chi connectivity index (χ2v) is 5.15. The molecule has 1 amide bonds. The standard InChI is InChI=1S/C11H11N3OS2/c1-8-6-17-11(13-8)14-9(15)7-16-10-4-2-3-5-12-10/h2-6H,7H2,1H3,(H,13,14,15). The van der Waals surface area contributed by atoms with Gasteiger partial charge in [-0.25, -0.2) is 9.97 Å². The van der Waals surface area contributed by atoms with E-state index in [2.05, 4.69) is 15.3 Å². The van der Waals surface area contributed by atoms with Crippen molar-refractivity contribution in [2.45, 2.75) is 11.9 Å². The highest BCUT2D eigenvalue weighted by molar-refractivity contribution is 7.99. The number of aryl methyl sites for hydroxylation is 1. The van der Waals surface area contributed by atoms with Crippen LogP contribution in [0.5, 0.6) is 0 Å². The lowest BCUT2D eigenvalue weighted by Crippen LogP contribution is -2.13. The maximum absolute atomic E-state index is 11.6. The minimum Gasteiger partial charge on any atom is -0.301 e. The fourth-order valence-electron chi connectivity index (χ4n) is 1.14. The Balaban J connectivity index is 1.82. The Morgan fingerprint density at radius 3 is 3.06 bits per heavy atom. The number of amides is 1. The van der Waals surface area contributed by atoms with Crippen molar-refractivity contribution in [3.05, 3.63) is 35.5 Å². The second kappa shape index (κ2) is 5.79. The lowest BCUT2D eigenvalue weighted by Gasteiger charge is -2.00. The number of thioether (sulfide) groups is 1. The number of rotatable bonds is 4. The molecule has 0 aliphatic rings. The minimum atomic E-state index is -0.0602. The van der Waals surface area contributed by atoms with E-state index in [0.29, 0.717) is 10.9 Å². The fraction of sp³-hybridized carbons (Fsp3) is 0.182. The number of carbonyl (C=O) groups is 1. The van der Waals surface area contributed by atoms with Gasteiger partial charge in [-0.15, -0.1) is 11.3 Å². The Bertz CT molecular complexity index is 498. The molecule has 0 bridgehead atoms. The molecule has 0 unspecified atom stereocenters. The summed E-state index contributed by atoms with van der Waals surface area (Å²) in [6.07, 6.45) is 1.71. The molecule has 0 radical (unpaired) electrons. The van der Waals surface area contributed by atoms with Crippen molar-refractivity contribution in [3.8, 4) is 0 Å². The first-order valence-corrected chi connectivity index (χ1v) is 6.86. The summed E-state index contributed by atoms with van der Waals surface area (Å²) in [4.78, 5) is 19.9. The number of anilines is 1. The zero-order valence-electron chi connectivity index (χ0n) is 9.21. The SMILES string of the molecule is Cc1csc(NC(=O)CSc2ccccn2)n1. The first-order chi connectivity index (χ1) is 8.24. The van der Waals surface area contributed by atoms with Gasteiger partial charge in [0, 0.05) is 11.6 Å². The van der Waals surface area contributed by atoms with Gasteiger partial charge < -0.3 is 5.32 Å². The molecule has 2 rings (SSSR count). The summed E-state index contributed by atoms with van der Waals surface area (Å²) in [5.41, 5.74) is 0.919. The van der Waals surface area contributed by atoms with Crippen LogP contribution in [-0.4, -0.2) is 21.6 Å². The van der Waals surface area contributed by atoms with Crippen LogP contribution < -0.4 is 5.32 Å². The third kappa shape index (κ3) is 3.83. The summed E-state index contributed by atoms with van der Waals surface area (Å²) >= 11 is 2.84. The topological polar surface area (TPSA) is 54.9 Å². The molecule has 0 spiro atoms. The predicted molar refractivity (Wildman–Crippen MR) is 70.4 cm³/mol. The van der Waals surface area contributed by atoms with Crippen LogP contribution >= 0.6 is 23.1 Å². The lowest BCUT2D eigenvalue weighted by molar-refractivity contribution is -0.113. The van der Waals surface area contributed by atoms with Crippen LogP contribution in [0.1, 0.15) is 5.69 Å². The van der Waals surface area contributed by atoms with E-state index in [-0.39, 0.29) is 5.91 Å². The molecule has 6 heteroatoms. The number of carbonyl (C=O) groups excluding carboxylic acids is 1. The van der Waals surface area contributed by atoms with Crippen molar-refractivity contribution in [1.82, 2.24) is 9.97 Å². The maximum atomic E-state index is 11.6. The summed E-state index contributed by atoms with van der Waals surface area (Å²) in [6.45, 7) is 1.90. The Labute approximate surface area is 107 Å². The third-order valence-electron chi connectivity index (χ3n) is 1.85. The summed E-state index contributed by atoms with van der Waals surface area (Å²) in [5.74, 6) is 0.283. The normalized spacial score (nSPS) is 10.2. The van der Waals surface area contributed by atoms with E-state index in [1.807, 2.05) is 30.5 Å². The second-order valence-electron chi connectivity index (χ2n) is 3.30. The van der Waals surface area contributed by atoms with E-state index in [4.69, 9.17) is 0 Å². The van der Waals surface area contributed by atoms with Crippen molar-refractivity contribution >= 4 is 34.1 Å². The van der Waals surface area contributed by atoms with Gasteiger partial charge in [0.15, 0.2) is 5.13 Å². The maximum Gasteiger partial charge on any atom is 0.236 e. The van der Waals surface area contributed by atoms with Crippen molar-refractivity contribution in [3.63, 3.8) is 0 Å². The Hall–Kier alpha value is -1.40. The van der Waals surface area contributed by atoms with Gasteiger partial charge in [0.2, 0.25) is 5.91 Å². The zero-order chi connectivity index (χ0) is 12.1. The fourth-order valence-corrected chi connectivity index (χ4v) is 2.50. The molecule has 2 heterocycles. The Morgan fingerprint density at radius 2 is 2.41 bits per heavy atom. The molecule has 0 aromatic carbocycles. The molecule has 17 heavy (non-hydrogen) atoms. The van der Waals surface area contributed by atoms with Crippen LogP contribution in [0.3, 0.4) is 0 Å². The van der Waals surface area contributed by atoms with Gasteiger partial charge >= 0.3 is 0 Å². The van der Waals surface area contributed by atoms with Gasteiger partial charge in [0.1, 0.15) is 0 Å². The molecule has 4 nitrogen and oxygen atoms in total. The van der Waals surface area contributed by atoms with Crippen LogP contribution in [-0.2, 0) is 4.79 Å². The average molecular weight is 265 g/mol. The van der Waals surface area contributed by atoms with Crippen molar-refractivity contribution in [2.24, 2.45) is 0 Å². The van der Waals surface area contributed by atoms with E-state index >= 15 is 0 Å². The quantitative estimate of drug-likeness (QED) is 0.863. The molecule has 88 valence electrons. The number of thiazole rings is 1. The molecule has 0 fully saturated rings. The molecule has 2 aromatic heterocycles. The minimum absolute atomic E-state index is 0.0602. The number of aromatic nitrogens is 2. The summed E-state index contributed by atoms with van der Waals surface area (Å²) in [7, 11) is 0. The molecule has 0 aliphatic heterocycles. The first-order valence-electron chi connectivity index (χ1n) is 5.00. The Morgan fingerprint density at radius 1 is 1.53 bits per heavy atom. The van der Waals surface area contributed by atoms with Gasteiger partial charge in [0.25, 0.3) is 0 Å². The summed E-state index contributed by atoms with van der Waals surface area (Å²) < 4.78 is 0. The number of hydrogen-bond donors (Lipinski definition) is 1. The molecule has 2 aromatic rings. The van der Waals surface area contributed by atoms with E-state index in [9.17, 15) is 4.79 Å². The van der Waals surface area contributed by atoms with Crippen LogP contribution in [0.15, 0.2) is 34.8 Å². The molecule has 0 saturated heterocycles. The van der Waals surface area contributed by atoms with E-state index in [1.165, 1.54) is 23.1 Å². The van der Waals surface area contributed by atoms with Gasteiger partial charge in [-0.3, -0.25) is 4.79 Å². The molecule has 1 N–H and O–H groups in total. The van der Waals surface area contributed by atoms with Crippen LogP contribution in [0.4, 0.5) is 5.13 Å². The average Bonchev–Trinajstić information content (AvgIpc) is 2.73. The largest absolute Gasteiger partial charge is 0.301 e. The highest BCUT2D eigenvalue weighted by atomic mass is 32.2. The number of nitrogens with one attached hydrogen (secondary N) is 1. The predicted octanol–water partition coefficient (Wildman–Crippen LogP) is 2.58. The number of hydrogen-bond acceptors (Lipinski definition) is 5. The monoisotopic (exact) mass is 265 g/mol. The van der Waals surface area contributed by atoms with E-state index in [0.717, 1.165) is 10.7 Å².